The van der Waals surface area contributed by atoms with Gasteiger partial charge in [-0.2, -0.15) is 4.98 Å². The lowest BCUT2D eigenvalue weighted by atomic mass is 9.93. The standard InChI is InChI=1S/C26H25N5O2/c1-33-21-14-12-20(13-15-21)23-17-22(19-10-6-3-7-11-19)27-26-29-25(30-31(23)26)28-24(32)16-18-8-4-2-5-9-18/h2-15,22-23H,16-17H2,1H3,(H2,27,28,29,30,32)/t22-,23+/m0/s1. The van der Waals surface area contributed by atoms with Gasteiger partial charge in [-0.05, 0) is 35.2 Å². The van der Waals surface area contributed by atoms with Crippen LogP contribution in [0.3, 0.4) is 0 Å². The lowest BCUT2D eigenvalue weighted by Gasteiger charge is -2.31. The molecule has 0 unspecified atom stereocenters. The highest BCUT2D eigenvalue weighted by Gasteiger charge is 2.31. The van der Waals surface area contributed by atoms with Crippen LogP contribution in [0, 0.1) is 0 Å². The third-order valence-electron chi connectivity index (χ3n) is 5.85. The van der Waals surface area contributed by atoms with Crippen molar-refractivity contribution in [3.8, 4) is 5.75 Å². The minimum absolute atomic E-state index is 0.0374. The summed E-state index contributed by atoms with van der Waals surface area (Å²) in [6.45, 7) is 0. The van der Waals surface area contributed by atoms with Gasteiger partial charge in [0.05, 0.1) is 25.6 Å². The van der Waals surface area contributed by atoms with Crippen molar-refractivity contribution in [3.05, 3.63) is 102 Å². The number of anilines is 2. The molecular weight excluding hydrogens is 414 g/mol. The van der Waals surface area contributed by atoms with E-state index in [0.717, 1.165) is 23.3 Å². The van der Waals surface area contributed by atoms with Crippen LogP contribution in [0.15, 0.2) is 84.9 Å². The quantitative estimate of drug-likeness (QED) is 0.458. The predicted molar refractivity (Wildman–Crippen MR) is 127 cm³/mol. The van der Waals surface area contributed by atoms with Crippen LogP contribution in [-0.2, 0) is 11.2 Å². The van der Waals surface area contributed by atoms with Gasteiger partial charge in [0.2, 0.25) is 11.9 Å². The van der Waals surface area contributed by atoms with Crippen molar-refractivity contribution in [2.24, 2.45) is 0 Å². The summed E-state index contributed by atoms with van der Waals surface area (Å²) in [5.74, 6) is 1.58. The minimum atomic E-state index is -0.148. The normalized spacial score (nSPS) is 17.0. The van der Waals surface area contributed by atoms with Crippen LogP contribution in [0.2, 0.25) is 0 Å². The first kappa shape index (κ1) is 20.8. The molecule has 0 aliphatic carbocycles. The molecule has 1 amide bonds. The van der Waals surface area contributed by atoms with Gasteiger partial charge in [-0.1, -0.05) is 72.8 Å². The third-order valence-corrected chi connectivity index (χ3v) is 5.85. The number of nitrogens with zero attached hydrogens (tertiary/aromatic N) is 3. The average Bonchev–Trinajstić information content (AvgIpc) is 3.26. The molecule has 1 aromatic heterocycles. The maximum Gasteiger partial charge on any atom is 0.250 e. The van der Waals surface area contributed by atoms with E-state index >= 15 is 0 Å². The maximum atomic E-state index is 12.6. The first-order valence-electron chi connectivity index (χ1n) is 11.0. The van der Waals surface area contributed by atoms with Crippen LogP contribution >= 0.6 is 0 Å². The van der Waals surface area contributed by atoms with Crippen LogP contribution < -0.4 is 15.4 Å². The Kier molecular flexibility index (Phi) is 5.76. The number of hydrogen-bond donors (Lipinski definition) is 2. The van der Waals surface area contributed by atoms with Crippen molar-refractivity contribution in [3.63, 3.8) is 0 Å². The Bertz CT molecular complexity index is 1220. The molecule has 7 heteroatoms. The Hall–Kier alpha value is -4.13. The molecule has 2 atom stereocenters. The summed E-state index contributed by atoms with van der Waals surface area (Å²) in [5.41, 5.74) is 3.23. The molecule has 5 rings (SSSR count). The van der Waals surface area contributed by atoms with Crippen LogP contribution in [0.1, 0.15) is 35.2 Å². The summed E-state index contributed by atoms with van der Waals surface area (Å²) in [6.07, 6.45) is 1.07. The number of hydrogen-bond acceptors (Lipinski definition) is 5. The number of methoxy groups -OCH3 is 1. The van der Waals surface area contributed by atoms with E-state index in [1.54, 1.807) is 7.11 Å². The van der Waals surface area contributed by atoms with E-state index in [0.29, 0.717) is 11.9 Å². The van der Waals surface area contributed by atoms with Gasteiger partial charge in [0.25, 0.3) is 5.95 Å². The topological polar surface area (TPSA) is 81.1 Å². The number of rotatable bonds is 6. The first-order valence-corrected chi connectivity index (χ1v) is 11.0. The summed E-state index contributed by atoms with van der Waals surface area (Å²) in [6, 6.07) is 28.0. The number of carbonyl (C=O) groups is 1. The van der Waals surface area contributed by atoms with Crippen molar-refractivity contribution < 1.29 is 9.53 Å². The zero-order valence-electron chi connectivity index (χ0n) is 18.3. The van der Waals surface area contributed by atoms with Crippen molar-refractivity contribution >= 4 is 17.8 Å². The summed E-state index contributed by atoms with van der Waals surface area (Å²) < 4.78 is 7.18. The van der Waals surface area contributed by atoms with Gasteiger partial charge < -0.3 is 10.1 Å². The maximum absolute atomic E-state index is 12.6. The average molecular weight is 440 g/mol. The van der Waals surface area contributed by atoms with E-state index < -0.39 is 0 Å². The summed E-state index contributed by atoms with van der Waals surface area (Å²) in [5, 5.41) is 11.0. The molecule has 2 heterocycles. The second-order valence-corrected chi connectivity index (χ2v) is 8.05. The van der Waals surface area contributed by atoms with Crippen molar-refractivity contribution in [1.82, 2.24) is 14.8 Å². The minimum Gasteiger partial charge on any atom is -0.497 e. The Balaban J connectivity index is 1.43. The van der Waals surface area contributed by atoms with Crippen molar-refractivity contribution in [2.75, 3.05) is 17.7 Å². The van der Waals surface area contributed by atoms with Crippen LogP contribution in [0.4, 0.5) is 11.9 Å². The zero-order valence-corrected chi connectivity index (χ0v) is 18.3. The second-order valence-electron chi connectivity index (χ2n) is 8.05. The third kappa shape index (κ3) is 4.57. The van der Waals surface area contributed by atoms with Gasteiger partial charge in [-0.15, -0.1) is 5.10 Å². The Labute approximate surface area is 192 Å². The molecule has 1 aliphatic heterocycles. The summed E-state index contributed by atoms with van der Waals surface area (Å²) in [4.78, 5) is 17.2. The number of aromatic nitrogens is 3. The number of amides is 1. The van der Waals surface area contributed by atoms with Gasteiger partial charge in [-0.25, -0.2) is 4.68 Å². The predicted octanol–water partition coefficient (Wildman–Crippen LogP) is 4.61. The van der Waals surface area contributed by atoms with E-state index in [1.807, 2.05) is 65.3 Å². The van der Waals surface area contributed by atoms with E-state index in [2.05, 4.69) is 45.0 Å². The van der Waals surface area contributed by atoms with E-state index in [1.165, 1.54) is 5.56 Å². The van der Waals surface area contributed by atoms with E-state index in [-0.39, 0.29) is 24.4 Å². The molecule has 4 aromatic rings. The number of fused-ring (bicyclic) bond motifs is 1. The number of nitrogens with one attached hydrogen (secondary N) is 2. The molecule has 0 saturated carbocycles. The summed E-state index contributed by atoms with van der Waals surface area (Å²) in [7, 11) is 1.66. The van der Waals surface area contributed by atoms with Gasteiger partial charge in [0, 0.05) is 0 Å². The van der Waals surface area contributed by atoms with Crippen molar-refractivity contribution in [2.45, 2.75) is 24.9 Å². The Morgan fingerprint density at radius 1 is 1.00 bits per heavy atom. The molecule has 0 bridgehead atoms. The molecule has 2 N–H and O–H groups in total. The molecule has 7 nitrogen and oxygen atoms in total. The lowest BCUT2D eigenvalue weighted by molar-refractivity contribution is -0.115. The number of benzene rings is 3. The fraction of sp³-hybridized carbons (Fsp3) is 0.192. The molecule has 166 valence electrons. The molecule has 0 radical (unpaired) electrons. The highest BCUT2D eigenvalue weighted by Crippen LogP contribution is 2.38. The fourth-order valence-corrected chi connectivity index (χ4v) is 4.19. The molecule has 33 heavy (non-hydrogen) atoms. The SMILES string of the molecule is COc1ccc([C@H]2C[C@@H](c3ccccc3)Nc3nc(NC(=O)Cc4ccccc4)nn32)cc1. The second kappa shape index (κ2) is 9.16. The van der Waals surface area contributed by atoms with Crippen LogP contribution in [-0.4, -0.2) is 27.8 Å². The first-order chi connectivity index (χ1) is 16.2. The van der Waals surface area contributed by atoms with Gasteiger partial charge in [-0.3, -0.25) is 10.1 Å². The Morgan fingerprint density at radius 2 is 1.70 bits per heavy atom. The molecular formula is C26H25N5O2. The smallest absolute Gasteiger partial charge is 0.250 e. The van der Waals surface area contributed by atoms with Gasteiger partial charge >= 0.3 is 0 Å². The van der Waals surface area contributed by atoms with Gasteiger partial charge in [0.15, 0.2) is 0 Å². The van der Waals surface area contributed by atoms with Crippen LogP contribution in [0.5, 0.6) is 5.75 Å². The lowest BCUT2D eigenvalue weighted by Crippen LogP contribution is -2.28. The van der Waals surface area contributed by atoms with Crippen LogP contribution in [0.25, 0.3) is 0 Å². The number of carbonyl (C=O) groups excluding carboxylic acids is 1. The highest BCUT2D eigenvalue weighted by molar-refractivity contribution is 5.90. The van der Waals surface area contributed by atoms with Gasteiger partial charge in [0.1, 0.15) is 5.75 Å². The fourth-order valence-electron chi connectivity index (χ4n) is 4.19. The van der Waals surface area contributed by atoms with E-state index in [4.69, 9.17) is 4.74 Å². The zero-order chi connectivity index (χ0) is 22.6. The highest BCUT2D eigenvalue weighted by atomic mass is 16.5. The molecule has 1 aliphatic rings. The largest absolute Gasteiger partial charge is 0.497 e. The number of ether oxygens (including phenoxy) is 1. The van der Waals surface area contributed by atoms with Crippen molar-refractivity contribution in [1.29, 1.82) is 0 Å². The molecule has 0 spiro atoms. The molecule has 3 aromatic carbocycles. The van der Waals surface area contributed by atoms with E-state index in [9.17, 15) is 4.79 Å². The molecule has 0 saturated heterocycles. The molecule has 0 fully saturated rings. The monoisotopic (exact) mass is 439 g/mol. The summed E-state index contributed by atoms with van der Waals surface area (Å²) >= 11 is 0. The Morgan fingerprint density at radius 3 is 2.39 bits per heavy atom.